The lowest BCUT2D eigenvalue weighted by Crippen LogP contribution is -2.61. The maximum absolute atomic E-state index is 13.1. The minimum Gasteiger partial charge on any atom is -0.507 e. The first-order chi connectivity index (χ1) is 18.5. The number of hydrogen-bond acceptors (Lipinski definition) is 14. The molecular weight excluding hydrogens is 524 g/mol. The Morgan fingerprint density at radius 3 is 2.31 bits per heavy atom. The lowest BCUT2D eigenvalue weighted by molar-refractivity contribution is -0.333. The molecule has 7 N–H and O–H groups in total. The fourth-order valence-electron chi connectivity index (χ4n) is 4.61. The zero-order chi connectivity index (χ0) is 28.2. The van der Waals surface area contributed by atoms with Gasteiger partial charge < -0.3 is 63.8 Å². The molecule has 39 heavy (non-hydrogen) atoms. The largest absolute Gasteiger partial charge is 0.507 e. The summed E-state index contributed by atoms with van der Waals surface area (Å²) in [5.74, 6) is -1.10. The van der Waals surface area contributed by atoms with Crippen molar-refractivity contribution in [3.05, 3.63) is 34.5 Å². The van der Waals surface area contributed by atoms with Crippen LogP contribution in [0.25, 0.3) is 21.9 Å². The molecule has 2 fully saturated rings. The number of aliphatic hydroxyl groups is 5. The summed E-state index contributed by atoms with van der Waals surface area (Å²) in [5.41, 5.74) is -0.738. The smallest absolute Gasteiger partial charge is 0.229 e. The molecule has 2 aliphatic heterocycles. The van der Waals surface area contributed by atoms with E-state index in [0.29, 0.717) is 0 Å². The number of aromatic hydroxyl groups is 2. The zero-order valence-electron chi connectivity index (χ0n) is 20.7. The molecule has 2 aliphatic rings. The minimum absolute atomic E-state index is 0.0174. The van der Waals surface area contributed by atoms with E-state index >= 15 is 0 Å². The molecule has 3 aromatic rings. The summed E-state index contributed by atoms with van der Waals surface area (Å²) in [4.78, 5) is 13.1. The molecule has 3 heterocycles. The predicted octanol–water partition coefficient (Wildman–Crippen LogP) is -0.964. The molecule has 14 nitrogen and oxygen atoms in total. The number of ether oxygens (including phenoxy) is 5. The highest BCUT2D eigenvalue weighted by atomic mass is 16.7. The standard InChI is InChI=1S/C25H28O14/c1-8-17(27)21(31)23(33)25(36-8)39-14-7-35-24(22(32)19(14)29)38-12-4-3-11-16(18(12)28)20(30)15-10(26)5-9(34-2)6-13(15)37-11/h3-6,8,14,17,19,21-29,31-33H,7H2,1-2H3. The second kappa shape index (κ2) is 10.4. The van der Waals surface area contributed by atoms with Gasteiger partial charge in [-0.15, -0.1) is 0 Å². The van der Waals surface area contributed by atoms with Gasteiger partial charge in [0.2, 0.25) is 11.7 Å². The van der Waals surface area contributed by atoms with Crippen LogP contribution in [0.1, 0.15) is 6.92 Å². The van der Waals surface area contributed by atoms with Gasteiger partial charge in [0.25, 0.3) is 0 Å². The first kappa shape index (κ1) is 27.4. The van der Waals surface area contributed by atoms with Crippen molar-refractivity contribution in [2.75, 3.05) is 13.7 Å². The molecule has 0 amide bonds. The molecule has 5 rings (SSSR count). The number of phenols is 2. The predicted molar refractivity (Wildman–Crippen MR) is 129 cm³/mol. The highest BCUT2D eigenvalue weighted by Gasteiger charge is 2.47. The molecule has 2 saturated heterocycles. The first-order valence-electron chi connectivity index (χ1n) is 12.0. The van der Waals surface area contributed by atoms with Crippen molar-refractivity contribution in [1.82, 2.24) is 0 Å². The van der Waals surface area contributed by atoms with E-state index in [9.17, 15) is 40.5 Å². The normalized spacial score (nSPS) is 33.4. The maximum atomic E-state index is 13.1. The van der Waals surface area contributed by atoms with Crippen molar-refractivity contribution in [2.24, 2.45) is 0 Å². The van der Waals surface area contributed by atoms with Gasteiger partial charge in [-0.2, -0.15) is 0 Å². The van der Waals surface area contributed by atoms with Crippen molar-refractivity contribution in [3.63, 3.8) is 0 Å². The minimum atomic E-state index is -1.72. The molecule has 0 spiro atoms. The van der Waals surface area contributed by atoms with Crippen molar-refractivity contribution < 1.29 is 63.8 Å². The van der Waals surface area contributed by atoms with E-state index in [-0.39, 0.29) is 40.0 Å². The van der Waals surface area contributed by atoms with Gasteiger partial charge in [0.05, 0.1) is 19.8 Å². The third-order valence-electron chi connectivity index (χ3n) is 6.86. The molecule has 0 aliphatic carbocycles. The number of phenolic OH excluding ortho intramolecular Hbond substituents is 2. The van der Waals surface area contributed by atoms with Crippen molar-refractivity contribution in [3.8, 4) is 23.0 Å². The quantitative estimate of drug-likeness (QED) is 0.190. The van der Waals surface area contributed by atoms with E-state index in [0.717, 1.165) is 0 Å². The van der Waals surface area contributed by atoms with Crippen LogP contribution in [0.5, 0.6) is 23.0 Å². The summed E-state index contributed by atoms with van der Waals surface area (Å²) < 4.78 is 32.6. The number of benzene rings is 2. The molecule has 14 heteroatoms. The Hall–Kier alpha value is -3.21. The fraction of sp³-hybridized carbons (Fsp3) is 0.480. The van der Waals surface area contributed by atoms with Gasteiger partial charge in [0.1, 0.15) is 70.1 Å². The van der Waals surface area contributed by atoms with E-state index in [1.807, 2.05) is 0 Å². The maximum Gasteiger partial charge on any atom is 0.229 e. The van der Waals surface area contributed by atoms with Crippen LogP contribution in [0.4, 0.5) is 0 Å². The van der Waals surface area contributed by atoms with E-state index in [2.05, 4.69) is 0 Å². The Balaban J connectivity index is 1.36. The fourth-order valence-corrected chi connectivity index (χ4v) is 4.61. The first-order valence-corrected chi connectivity index (χ1v) is 12.0. The second-order valence-corrected chi connectivity index (χ2v) is 9.39. The van der Waals surface area contributed by atoms with E-state index in [1.54, 1.807) is 0 Å². The molecule has 0 saturated carbocycles. The SMILES string of the molecule is COc1cc(O)c2c(=O)c3c(O)c(OC4OCC(OC5OC(C)C(O)C(O)C5O)C(O)C4O)ccc3oc2c1. The monoisotopic (exact) mass is 552 g/mol. The Kier molecular flexibility index (Phi) is 7.30. The number of aliphatic hydroxyl groups excluding tert-OH is 5. The van der Waals surface area contributed by atoms with Gasteiger partial charge >= 0.3 is 0 Å². The Labute approximate surface area is 219 Å². The van der Waals surface area contributed by atoms with Gasteiger partial charge in [-0.3, -0.25) is 4.79 Å². The molecule has 9 atom stereocenters. The average molecular weight is 552 g/mol. The summed E-state index contributed by atoms with van der Waals surface area (Å²) in [5, 5.41) is 71.8. The van der Waals surface area contributed by atoms with Crippen LogP contribution in [0, 0.1) is 0 Å². The summed E-state index contributed by atoms with van der Waals surface area (Å²) in [6.45, 7) is 1.10. The third kappa shape index (κ3) is 4.74. The number of hydrogen-bond donors (Lipinski definition) is 7. The molecule has 2 aromatic carbocycles. The van der Waals surface area contributed by atoms with Crippen molar-refractivity contribution >= 4 is 21.9 Å². The molecular formula is C25H28O14. The van der Waals surface area contributed by atoms with Crippen molar-refractivity contribution in [1.29, 1.82) is 0 Å². The number of fused-ring (bicyclic) bond motifs is 2. The van der Waals surface area contributed by atoms with Crippen LogP contribution in [0.3, 0.4) is 0 Å². The lowest BCUT2D eigenvalue weighted by atomic mass is 9.99. The summed E-state index contributed by atoms with van der Waals surface area (Å²) in [7, 11) is 1.38. The number of rotatable bonds is 5. The van der Waals surface area contributed by atoms with Gasteiger partial charge in [-0.25, -0.2) is 0 Å². The van der Waals surface area contributed by atoms with Gasteiger partial charge in [0, 0.05) is 12.1 Å². The molecule has 1 aromatic heterocycles. The van der Waals surface area contributed by atoms with Crippen LogP contribution >= 0.6 is 0 Å². The molecule has 9 unspecified atom stereocenters. The van der Waals surface area contributed by atoms with Gasteiger partial charge in [-0.1, -0.05) is 0 Å². The second-order valence-electron chi connectivity index (χ2n) is 9.39. The molecule has 0 bridgehead atoms. The highest BCUT2D eigenvalue weighted by molar-refractivity contribution is 5.97. The molecule has 212 valence electrons. The zero-order valence-corrected chi connectivity index (χ0v) is 20.7. The van der Waals surface area contributed by atoms with Gasteiger partial charge in [0.15, 0.2) is 17.8 Å². The van der Waals surface area contributed by atoms with E-state index in [1.165, 1.54) is 38.3 Å². The van der Waals surface area contributed by atoms with E-state index in [4.69, 9.17) is 28.1 Å². The Morgan fingerprint density at radius 1 is 0.872 bits per heavy atom. The van der Waals surface area contributed by atoms with Crippen LogP contribution < -0.4 is 14.9 Å². The van der Waals surface area contributed by atoms with Crippen molar-refractivity contribution in [2.45, 2.75) is 62.2 Å². The summed E-state index contributed by atoms with van der Waals surface area (Å²) >= 11 is 0. The summed E-state index contributed by atoms with van der Waals surface area (Å²) in [6, 6.07) is 5.22. The average Bonchev–Trinajstić information content (AvgIpc) is 2.90. The van der Waals surface area contributed by atoms with E-state index < -0.39 is 72.2 Å². The Bertz CT molecular complexity index is 1420. The van der Waals surface area contributed by atoms with Gasteiger partial charge in [-0.05, 0) is 19.1 Å². The lowest BCUT2D eigenvalue weighted by Gasteiger charge is -2.43. The van der Waals surface area contributed by atoms with Crippen LogP contribution in [-0.4, -0.2) is 105 Å². The Morgan fingerprint density at radius 2 is 1.59 bits per heavy atom. The summed E-state index contributed by atoms with van der Waals surface area (Å²) in [6.07, 6.45) is -12.9. The third-order valence-corrected chi connectivity index (χ3v) is 6.86. The molecule has 0 radical (unpaired) electrons. The van der Waals surface area contributed by atoms with Crippen LogP contribution in [0.2, 0.25) is 0 Å². The highest BCUT2D eigenvalue weighted by Crippen LogP contribution is 2.38. The topological polar surface area (TPSA) is 218 Å². The number of methoxy groups -OCH3 is 1. The van der Waals surface area contributed by atoms with Crippen LogP contribution in [-0.2, 0) is 14.2 Å². The van der Waals surface area contributed by atoms with Crippen LogP contribution in [0.15, 0.2) is 33.5 Å².